The predicted octanol–water partition coefficient (Wildman–Crippen LogP) is 4.80. The lowest BCUT2D eigenvalue weighted by Gasteiger charge is -2.42. The van der Waals surface area contributed by atoms with E-state index in [1.165, 1.54) is 0 Å². The maximum atomic E-state index is 13.0. The van der Waals surface area contributed by atoms with Gasteiger partial charge in [-0.2, -0.15) is 0 Å². The molecule has 0 bridgehead atoms. The summed E-state index contributed by atoms with van der Waals surface area (Å²) in [6, 6.07) is 25.2. The maximum Gasteiger partial charge on any atom is 0.338 e. The highest BCUT2D eigenvalue weighted by atomic mass is 79.9. The van der Waals surface area contributed by atoms with Crippen LogP contribution in [-0.4, -0.2) is 47.3 Å². The van der Waals surface area contributed by atoms with Crippen molar-refractivity contribution in [1.82, 2.24) is 0 Å². The highest BCUT2D eigenvalue weighted by Crippen LogP contribution is 2.32. The molecule has 0 N–H and O–H groups in total. The number of carbonyl (C=O) groups is 3. The molecule has 3 aromatic carbocycles. The Morgan fingerprint density at radius 1 is 0.600 bits per heavy atom. The van der Waals surface area contributed by atoms with Crippen molar-refractivity contribution in [2.45, 2.75) is 36.4 Å². The average Bonchev–Trinajstić information content (AvgIpc) is 2.89. The van der Waals surface area contributed by atoms with Crippen LogP contribution >= 0.6 is 15.9 Å². The molecule has 3 aromatic rings. The molecule has 0 aromatic heterocycles. The number of hydrogen-bond acceptors (Lipinski definition) is 7. The molecule has 7 nitrogen and oxygen atoms in total. The van der Waals surface area contributed by atoms with Crippen LogP contribution in [-0.2, 0) is 18.9 Å². The van der Waals surface area contributed by atoms with Crippen LogP contribution < -0.4 is 0 Å². The van der Waals surface area contributed by atoms with E-state index < -0.39 is 47.3 Å². The number of benzene rings is 3. The summed E-state index contributed by atoms with van der Waals surface area (Å²) in [5.74, 6) is -1.90. The highest BCUT2D eigenvalue weighted by molar-refractivity contribution is 9.09. The third-order valence-electron chi connectivity index (χ3n) is 5.47. The summed E-state index contributed by atoms with van der Waals surface area (Å²) in [5, 5.41) is -0.814. The number of rotatable bonds is 6. The minimum atomic E-state index is -1.14. The van der Waals surface area contributed by atoms with Gasteiger partial charge in [-0.15, -0.1) is 0 Å². The van der Waals surface area contributed by atoms with Crippen molar-refractivity contribution >= 4 is 33.8 Å². The van der Waals surface area contributed by atoms with Gasteiger partial charge in [-0.05, 0) is 43.3 Å². The summed E-state index contributed by atoms with van der Waals surface area (Å²) < 4.78 is 23.2. The molecule has 8 heteroatoms. The van der Waals surface area contributed by atoms with Crippen LogP contribution in [0.3, 0.4) is 0 Å². The quantitative estimate of drug-likeness (QED) is 0.253. The molecule has 1 heterocycles. The van der Waals surface area contributed by atoms with Gasteiger partial charge in [-0.1, -0.05) is 70.5 Å². The normalized spacial score (nSPS) is 23.7. The lowest BCUT2D eigenvalue weighted by atomic mass is 9.99. The fourth-order valence-electron chi connectivity index (χ4n) is 3.68. The second-order valence-corrected chi connectivity index (χ2v) is 8.80. The fourth-order valence-corrected chi connectivity index (χ4v) is 4.43. The first-order chi connectivity index (χ1) is 16.9. The molecule has 35 heavy (non-hydrogen) atoms. The Balaban J connectivity index is 1.63. The molecular formula is C27H23BrO7. The summed E-state index contributed by atoms with van der Waals surface area (Å²) in [7, 11) is 0. The molecule has 0 spiro atoms. The van der Waals surface area contributed by atoms with Gasteiger partial charge in [0.2, 0.25) is 0 Å². The Bertz CT molecular complexity index is 1090. The molecule has 1 aliphatic rings. The van der Waals surface area contributed by atoms with Gasteiger partial charge >= 0.3 is 17.9 Å². The Kier molecular flexibility index (Phi) is 7.94. The second-order valence-electron chi connectivity index (χ2n) is 7.90. The van der Waals surface area contributed by atoms with Crippen LogP contribution in [0.25, 0.3) is 0 Å². The Morgan fingerprint density at radius 3 is 1.34 bits per heavy atom. The van der Waals surface area contributed by atoms with Crippen molar-refractivity contribution in [3.63, 3.8) is 0 Å². The largest absolute Gasteiger partial charge is 0.452 e. The minimum Gasteiger partial charge on any atom is -0.452 e. The van der Waals surface area contributed by atoms with Crippen LogP contribution in [0.4, 0.5) is 0 Å². The number of esters is 3. The number of ether oxygens (including phenoxy) is 4. The van der Waals surface area contributed by atoms with Gasteiger partial charge in [0.05, 0.1) is 22.8 Å². The molecule has 4 rings (SSSR count). The van der Waals surface area contributed by atoms with Crippen molar-refractivity contribution in [3.05, 3.63) is 108 Å². The van der Waals surface area contributed by atoms with E-state index in [1.807, 2.05) is 0 Å². The smallest absolute Gasteiger partial charge is 0.338 e. The summed E-state index contributed by atoms with van der Waals surface area (Å²) >= 11 is 3.39. The molecule has 180 valence electrons. The Labute approximate surface area is 211 Å². The molecule has 1 fully saturated rings. The van der Waals surface area contributed by atoms with Crippen molar-refractivity contribution in [2.24, 2.45) is 0 Å². The number of carbonyl (C=O) groups excluding carboxylic acids is 3. The summed E-state index contributed by atoms with van der Waals surface area (Å²) in [6.07, 6.45) is -3.96. The molecule has 1 aliphatic heterocycles. The van der Waals surface area contributed by atoms with E-state index in [4.69, 9.17) is 18.9 Å². The van der Waals surface area contributed by atoms with E-state index in [0.29, 0.717) is 16.7 Å². The van der Waals surface area contributed by atoms with Crippen molar-refractivity contribution < 1.29 is 33.3 Å². The van der Waals surface area contributed by atoms with E-state index >= 15 is 0 Å². The first-order valence-electron chi connectivity index (χ1n) is 11.0. The van der Waals surface area contributed by atoms with Crippen LogP contribution in [0.15, 0.2) is 91.0 Å². The summed E-state index contributed by atoms with van der Waals surface area (Å²) in [6.45, 7) is 1.69. The molecule has 0 radical (unpaired) electrons. The van der Waals surface area contributed by atoms with Gasteiger partial charge in [-0.3, -0.25) is 0 Å². The Morgan fingerprint density at radius 2 is 0.943 bits per heavy atom. The van der Waals surface area contributed by atoms with Crippen molar-refractivity contribution in [1.29, 1.82) is 0 Å². The molecule has 0 aliphatic carbocycles. The predicted molar refractivity (Wildman–Crippen MR) is 130 cm³/mol. The van der Waals surface area contributed by atoms with Crippen LogP contribution in [0.5, 0.6) is 0 Å². The second kappa shape index (κ2) is 11.3. The summed E-state index contributed by atoms with van der Waals surface area (Å²) in [5.41, 5.74) is 0.947. The van der Waals surface area contributed by atoms with E-state index in [1.54, 1.807) is 97.9 Å². The van der Waals surface area contributed by atoms with Gasteiger partial charge < -0.3 is 18.9 Å². The maximum absolute atomic E-state index is 13.0. The number of alkyl halides is 1. The van der Waals surface area contributed by atoms with Crippen molar-refractivity contribution in [2.75, 3.05) is 0 Å². The zero-order valence-corrected chi connectivity index (χ0v) is 20.4. The number of halogens is 1. The van der Waals surface area contributed by atoms with Gasteiger partial charge in [0, 0.05) is 0 Å². The monoisotopic (exact) mass is 538 g/mol. The first-order valence-corrected chi connectivity index (χ1v) is 11.9. The third kappa shape index (κ3) is 5.96. The Hall–Kier alpha value is -3.49. The third-order valence-corrected chi connectivity index (χ3v) is 6.21. The van der Waals surface area contributed by atoms with Gasteiger partial charge in [-0.25, -0.2) is 14.4 Å². The molecule has 5 atom stereocenters. The van der Waals surface area contributed by atoms with Crippen molar-refractivity contribution in [3.8, 4) is 0 Å². The lowest BCUT2D eigenvalue weighted by molar-refractivity contribution is -0.193. The minimum absolute atomic E-state index is 0.305. The first kappa shape index (κ1) is 24.6. The van der Waals surface area contributed by atoms with Crippen LogP contribution in [0.1, 0.15) is 38.0 Å². The van der Waals surface area contributed by atoms with Gasteiger partial charge in [0.1, 0.15) is 0 Å². The molecule has 0 amide bonds. The highest BCUT2D eigenvalue weighted by Gasteiger charge is 2.50. The van der Waals surface area contributed by atoms with E-state index in [9.17, 15) is 14.4 Å². The zero-order chi connectivity index (χ0) is 24.8. The molecular weight excluding hydrogens is 516 g/mol. The lowest BCUT2D eigenvalue weighted by Crippen LogP contribution is -2.59. The van der Waals surface area contributed by atoms with Gasteiger partial charge in [0.15, 0.2) is 23.3 Å². The van der Waals surface area contributed by atoms with E-state index in [-0.39, 0.29) is 0 Å². The van der Waals surface area contributed by atoms with Crippen LogP contribution in [0, 0.1) is 0 Å². The topological polar surface area (TPSA) is 88.1 Å². The number of hydrogen-bond donors (Lipinski definition) is 0. The summed E-state index contributed by atoms with van der Waals surface area (Å²) in [4.78, 5) is 38.7. The standard InChI is InChI=1S/C27H23BrO7/c1-17-21(33-25(29)18-11-5-2-6-12-18)22(34-26(30)19-13-7-3-8-14-19)23(24(28)32-17)35-27(31)20-15-9-4-10-16-20/h2-17,21-24H,1H3/t17?,21-,22?,23?,24+/m0/s1. The molecule has 3 unspecified atom stereocenters. The average molecular weight is 539 g/mol. The fraction of sp³-hybridized carbons (Fsp3) is 0.222. The zero-order valence-electron chi connectivity index (χ0n) is 18.8. The molecule has 0 saturated carbocycles. The molecule has 1 saturated heterocycles. The van der Waals surface area contributed by atoms with Crippen LogP contribution in [0.2, 0.25) is 0 Å². The van der Waals surface area contributed by atoms with E-state index in [0.717, 1.165) is 0 Å². The van der Waals surface area contributed by atoms with E-state index in [2.05, 4.69) is 15.9 Å². The SMILES string of the molecule is CC1O[C@@H](Br)C(OC(=O)c2ccccc2)C(OC(=O)c2ccccc2)[C@H]1OC(=O)c1ccccc1. The van der Waals surface area contributed by atoms with Gasteiger partial charge in [0.25, 0.3) is 0 Å².